The van der Waals surface area contributed by atoms with Gasteiger partial charge in [0.2, 0.25) is 0 Å². The van der Waals surface area contributed by atoms with Gasteiger partial charge < -0.3 is 4.42 Å². The number of hydrogen-bond acceptors (Lipinski definition) is 6. The van der Waals surface area contributed by atoms with Crippen molar-refractivity contribution >= 4 is 28.2 Å². The monoisotopic (exact) mass is 377 g/mol. The molecular weight excluding hydrogens is 362 g/mol. The molecule has 0 aliphatic heterocycles. The van der Waals surface area contributed by atoms with E-state index >= 15 is 0 Å². The molecule has 0 N–H and O–H groups in total. The van der Waals surface area contributed by atoms with Crippen molar-refractivity contribution in [1.29, 1.82) is 5.26 Å². The molecule has 7 heteroatoms. The molecule has 27 heavy (non-hydrogen) atoms. The summed E-state index contributed by atoms with van der Waals surface area (Å²) >= 11 is 1.56. The van der Waals surface area contributed by atoms with Crippen molar-refractivity contribution in [1.82, 2.24) is 0 Å². The molecular formula is C20H15N3O3S. The van der Waals surface area contributed by atoms with Crippen molar-refractivity contribution in [3.05, 3.63) is 68.3 Å². The molecule has 134 valence electrons. The number of nitriles is 1. The van der Waals surface area contributed by atoms with Crippen LogP contribution in [0.2, 0.25) is 0 Å². The normalized spacial score (nSPS) is 13.4. The third-order valence-electron chi connectivity index (χ3n) is 4.57. The minimum absolute atomic E-state index is 0.00645. The highest BCUT2D eigenvalue weighted by Crippen LogP contribution is 2.39. The largest absolute Gasteiger partial charge is 0.455 e. The molecule has 0 atom stereocenters. The molecule has 0 spiro atoms. The number of para-hydroxylation sites is 1. The summed E-state index contributed by atoms with van der Waals surface area (Å²) < 4.78 is 5.73. The van der Waals surface area contributed by atoms with Gasteiger partial charge in [-0.1, -0.05) is 12.1 Å². The first kappa shape index (κ1) is 17.2. The van der Waals surface area contributed by atoms with Crippen molar-refractivity contribution in [2.24, 2.45) is 4.99 Å². The predicted molar refractivity (Wildman–Crippen MR) is 104 cm³/mol. The summed E-state index contributed by atoms with van der Waals surface area (Å²) in [4.78, 5) is 16.5. The van der Waals surface area contributed by atoms with E-state index in [0.29, 0.717) is 27.6 Å². The number of nitrogens with zero attached hydrogens (tertiary/aromatic N) is 3. The van der Waals surface area contributed by atoms with Gasteiger partial charge in [-0.25, -0.2) is 4.99 Å². The van der Waals surface area contributed by atoms with E-state index in [2.05, 4.69) is 11.1 Å². The first-order chi connectivity index (χ1) is 13.2. The van der Waals surface area contributed by atoms with Crippen LogP contribution in [0.25, 0.3) is 11.3 Å². The molecule has 2 aromatic heterocycles. The Morgan fingerprint density at radius 1 is 1.22 bits per heavy atom. The van der Waals surface area contributed by atoms with Gasteiger partial charge in [-0.2, -0.15) is 5.26 Å². The van der Waals surface area contributed by atoms with Gasteiger partial charge in [-0.3, -0.25) is 10.1 Å². The van der Waals surface area contributed by atoms with Crippen LogP contribution in [0.3, 0.4) is 0 Å². The van der Waals surface area contributed by atoms with Crippen LogP contribution in [0.15, 0.2) is 45.8 Å². The molecule has 2 heterocycles. The van der Waals surface area contributed by atoms with Crippen molar-refractivity contribution in [2.75, 3.05) is 0 Å². The second-order valence-electron chi connectivity index (χ2n) is 6.24. The van der Waals surface area contributed by atoms with Crippen molar-refractivity contribution in [3.63, 3.8) is 0 Å². The average molecular weight is 377 g/mol. The summed E-state index contributed by atoms with van der Waals surface area (Å²) in [6.07, 6.45) is 5.77. The molecule has 0 radical (unpaired) electrons. The van der Waals surface area contributed by atoms with E-state index in [4.69, 9.17) is 4.42 Å². The van der Waals surface area contributed by atoms with Gasteiger partial charge in [-0.05, 0) is 49.4 Å². The quantitative estimate of drug-likeness (QED) is 0.345. The fourth-order valence-corrected chi connectivity index (χ4v) is 4.47. The van der Waals surface area contributed by atoms with E-state index < -0.39 is 4.92 Å². The summed E-state index contributed by atoms with van der Waals surface area (Å²) in [6, 6.07) is 12.1. The fraction of sp³-hybridized carbons (Fsp3) is 0.200. The van der Waals surface area contributed by atoms with E-state index in [-0.39, 0.29) is 5.69 Å². The zero-order chi connectivity index (χ0) is 18.8. The Balaban J connectivity index is 1.64. The molecule has 4 rings (SSSR count). The van der Waals surface area contributed by atoms with Crippen LogP contribution in [-0.2, 0) is 12.8 Å². The van der Waals surface area contributed by atoms with E-state index in [9.17, 15) is 15.4 Å². The number of rotatable bonds is 4. The highest BCUT2D eigenvalue weighted by Gasteiger charge is 2.20. The van der Waals surface area contributed by atoms with Crippen molar-refractivity contribution < 1.29 is 9.34 Å². The highest BCUT2D eigenvalue weighted by atomic mass is 32.1. The fourth-order valence-electron chi connectivity index (χ4n) is 3.29. The molecule has 0 amide bonds. The van der Waals surface area contributed by atoms with Crippen LogP contribution >= 0.6 is 11.3 Å². The van der Waals surface area contributed by atoms with Crippen LogP contribution in [0.4, 0.5) is 10.7 Å². The molecule has 0 fully saturated rings. The van der Waals surface area contributed by atoms with Gasteiger partial charge in [0.1, 0.15) is 22.6 Å². The maximum Gasteiger partial charge on any atom is 0.280 e. The zero-order valence-electron chi connectivity index (χ0n) is 14.3. The predicted octanol–water partition coefficient (Wildman–Crippen LogP) is 5.42. The maximum absolute atomic E-state index is 11.2. The maximum atomic E-state index is 11.2. The second kappa shape index (κ2) is 7.17. The van der Waals surface area contributed by atoms with E-state index in [0.717, 1.165) is 31.2 Å². The van der Waals surface area contributed by atoms with Gasteiger partial charge in [0.15, 0.2) is 0 Å². The first-order valence-electron chi connectivity index (χ1n) is 8.59. The SMILES string of the molecule is N#Cc1c(/N=C/c2ccc(-c3ccccc3[N+](=O)[O-])o2)sc2c1CCCC2. The van der Waals surface area contributed by atoms with Crippen LogP contribution in [0.1, 0.15) is 34.6 Å². The molecule has 0 saturated heterocycles. The zero-order valence-corrected chi connectivity index (χ0v) is 15.2. The molecule has 1 aromatic carbocycles. The van der Waals surface area contributed by atoms with E-state index in [1.165, 1.54) is 10.9 Å². The van der Waals surface area contributed by atoms with E-state index in [1.54, 1.807) is 47.9 Å². The van der Waals surface area contributed by atoms with Crippen LogP contribution in [0, 0.1) is 21.4 Å². The summed E-state index contributed by atoms with van der Waals surface area (Å²) in [5, 5.41) is 21.4. The topological polar surface area (TPSA) is 92.4 Å². The number of nitro benzene ring substituents is 1. The van der Waals surface area contributed by atoms with Crippen molar-refractivity contribution in [2.45, 2.75) is 25.7 Å². The molecule has 0 unspecified atom stereocenters. The smallest absolute Gasteiger partial charge is 0.280 e. The Morgan fingerprint density at radius 3 is 2.85 bits per heavy atom. The number of benzene rings is 1. The summed E-state index contributed by atoms with van der Waals surface area (Å²) in [6.45, 7) is 0. The first-order valence-corrected chi connectivity index (χ1v) is 9.41. The highest BCUT2D eigenvalue weighted by molar-refractivity contribution is 7.16. The lowest BCUT2D eigenvalue weighted by atomic mass is 9.96. The van der Waals surface area contributed by atoms with E-state index in [1.807, 2.05) is 0 Å². The summed E-state index contributed by atoms with van der Waals surface area (Å²) in [7, 11) is 0. The number of nitro groups is 1. The lowest BCUT2D eigenvalue weighted by molar-refractivity contribution is -0.384. The van der Waals surface area contributed by atoms with Gasteiger partial charge in [0.05, 0.1) is 22.3 Å². The average Bonchev–Trinajstić information content (AvgIpc) is 3.30. The Morgan fingerprint density at radius 2 is 2.04 bits per heavy atom. The minimum Gasteiger partial charge on any atom is -0.455 e. The summed E-state index contributed by atoms with van der Waals surface area (Å²) in [5.74, 6) is 0.896. The number of aryl methyl sites for hydroxylation is 1. The van der Waals surface area contributed by atoms with Crippen molar-refractivity contribution in [3.8, 4) is 17.4 Å². The standard InChI is InChI=1S/C20H15N3O3S/c21-11-16-14-5-2-4-8-19(14)27-20(16)22-12-13-9-10-18(26-13)15-6-1-3-7-17(15)23(24)25/h1,3,6-7,9-10,12H,2,4-5,8H2/b22-12+. The lowest BCUT2D eigenvalue weighted by Gasteiger charge is -2.09. The molecule has 0 saturated carbocycles. The van der Waals surface area contributed by atoms with Crippen LogP contribution < -0.4 is 0 Å². The van der Waals surface area contributed by atoms with Gasteiger partial charge in [0, 0.05) is 10.9 Å². The Hall–Kier alpha value is -3.24. The number of fused-ring (bicyclic) bond motifs is 1. The minimum atomic E-state index is -0.430. The number of furan rings is 1. The van der Waals surface area contributed by atoms with Crippen LogP contribution in [0.5, 0.6) is 0 Å². The van der Waals surface area contributed by atoms with Gasteiger partial charge in [-0.15, -0.1) is 11.3 Å². The number of thiophene rings is 1. The molecule has 1 aliphatic rings. The number of aliphatic imine (C=N–C) groups is 1. The Bertz CT molecular complexity index is 1090. The third kappa shape index (κ3) is 3.27. The molecule has 6 nitrogen and oxygen atoms in total. The van der Waals surface area contributed by atoms with Gasteiger partial charge in [0.25, 0.3) is 5.69 Å². The second-order valence-corrected chi connectivity index (χ2v) is 7.32. The Kier molecular flexibility index (Phi) is 4.57. The summed E-state index contributed by atoms with van der Waals surface area (Å²) in [5.41, 5.74) is 2.22. The van der Waals surface area contributed by atoms with Gasteiger partial charge >= 0.3 is 0 Å². The Labute approximate surface area is 159 Å². The van der Waals surface area contributed by atoms with Crippen LogP contribution in [-0.4, -0.2) is 11.1 Å². The lowest BCUT2D eigenvalue weighted by Crippen LogP contribution is -1.99. The third-order valence-corrected chi connectivity index (χ3v) is 5.77. The number of hydrogen-bond donors (Lipinski definition) is 0. The molecule has 0 bridgehead atoms. The molecule has 1 aliphatic carbocycles. The molecule has 3 aromatic rings.